The summed E-state index contributed by atoms with van der Waals surface area (Å²) in [6, 6.07) is 15.1. The lowest BCUT2D eigenvalue weighted by Gasteiger charge is -2.30. The van der Waals surface area contributed by atoms with Crippen molar-refractivity contribution in [2.45, 2.75) is 43.4 Å². The lowest BCUT2D eigenvalue weighted by Crippen LogP contribution is -2.60. The van der Waals surface area contributed by atoms with Gasteiger partial charge in [-0.2, -0.15) is 0 Å². The minimum atomic E-state index is -1.01. The first-order valence-corrected chi connectivity index (χ1v) is 11.8. The predicted molar refractivity (Wildman–Crippen MR) is 124 cm³/mol. The van der Waals surface area contributed by atoms with Gasteiger partial charge in [-0.1, -0.05) is 30.3 Å². The van der Waals surface area contributed by atoms with Crippen molar-refractivity contribution < 1.29 is 24.2 Å². The number of benzene rings is 2. The Morgan fingerprint density at radius 2 is 1.97 bits per heavy atom. The molecule has 2 heterocycles. The smallest absolute Gasteiger partial charge is 0.262 e. The second kappa shape index (κ2) is 8.61. The first-order chi connectivity index (χ1) is 15.9. The summed E-state index contributed by atoms with van der Waals surface area (Å²) >= 11 is 1.36. The van der Waals surface area contributed by atoms with Crippen molar-refractivity contribution in [3.8, 4) is 5.75 Å². The molecule has 2 amide bonds. The zero-order valence-electron chi connectivity index (χ0n) is 17.9. The highest BCUT2D eigenvalue weighted by Gasteiger charge is 2.55. The number of ether oxygens (including phenoxy) is 1. The van der Waals surface area contributed by atoms with Crippen LogP contribution in [0.3, 0.4) is 0 Å². The van der Waals surface area contributed by atoms with E-state index in [0.717, 1.165) is 28.5 Å². The molecule has 1 saturated heterocycles. The minimum absolute atomic E-state index is 0.00171. The number of thiophene rings is 1. The number of amides is 2. The summed E-state index contributed by atoms with van der Waals surface area (Å²) in [5, 5.41) is 16.4. The van der Waals surface area contributed by atoms with Crippen LogP contribution < -0.4 is 10.6 Å². The maximum Gasteiger partial charge on any atom is 0.262 e. The SMILES string of the molecule is O=C(NC(Cc1ccc(O)cc1)C(=O)NC12CCCC1OCC2=O)c1cc2ccccc2s1. The number of carbonyl (C=O) groups excluding carboxylic acids is 3. The molecule has 0 spiro atoms. The predicted octanol–water partition coefficient (Wildman–Crippen LogP) is 2.95. The largest absolute Gasteiger partial charge is 0.508 e. The van der Waals surface area contributed by atoms with Crippen LogP contribution in [-0.2, 0) is 20.7 Å². The molecule has 3 N–H and O–H groups in total. The normalized spacial score (nSPS) is 22.8. The van der Waals surface area contributed by atoms with Crippen LogP contribution >= 0.6 is 11.3 Å². The molecule has 0 radical (unpaired) electrons. The third-order valence-electron chi connectivity index (χ3n) is 6.49. The molecule has 1 aromatic heterocycles. The number of fused-ring (bicyclic) bond motifs is 2. The summed E-state index contributed by atoms with van der Waals surface area (Å²) in [5.41, 5.74) is -0.230. The van der Waals surface area contributed by atoms with Crippen molar-refractivity contribution >= 4 is 39.0 Å². The van der Waals surface area contributed by atoms with Crippen molar-refractivity contribution in [3.63, 3.8) is 0 Å². The summed E-state index contributed by atoms with van der Waals surface area (Å²) in [4.78, 5) is 39.6. The van der Waals surface area contributed by atoms with E-state index in [0.29, 0.717) is 11.3 Å². The van der Waals surface area contributed by atoms with Gasteiger partial charge in [0.25, 0.3) is 5.91 Å². The molecule has 2 fully saturated rings. The number of phenols is 1. The van der Waals surface area contributed by atoms with E-state index in [2.05, 4.69) is 10.6 Å². The lowest BCUT2D eigenvalue weighted by molar-refractivity contribution is -0.131. The van der Waals surface area contributed by atoms with Gasteiger partial charge in [0.2, 0.25) is 5.91 Å². The van der Waals surface area contributed by atoms with Gasteiger partial charge < -0.3 is 20.5 Å². The molecule has 170 valence electrons. The Bertz CT molecular complexity index is 1190. The maximum absolute atomic E-state index is 13.4. The summed E-state index contributed by atoms with van der Waals surface area (Å²) in [6.07, 6.45) is 1.97. The first-order valence-electron chi connectivity index (χ1n) is 11.0. The number of phenolic OH excluding ortho intramolecular Hbond substituents is 1. The molecule has 3 unspecified atom stereocenters. The van der Waals surface area contributed by atoms with E-state index in [4.69, 9.17) is 4.74 Å². The van der Waals surface area contributed by atoms with Crippen molar-refractivity contribution in [2.75, 3.05) is 6.61 Å². The molecular weight excluding hydrogens is 440 g/mol. The molecule has 33 heavy (non-hydrogen) atoms. The third kappa shape index (κ3) is 4.12. The van der Waals surface area contributed by atoms with Crippen LogP contribution in [0.5, 0.6) is 5.75 Å². The molecule has 1 aliphatic carbocycles. The Kier molecular flexibility index (Phi) is 5.64. The average molecular weight is 465 g/mol. The van der Waals surface area contributed by atoms with Crippen LogP contribution in [0.25, 0.3) is 10.1 Å². The van der Waals surface area contributed by atoms with Crippen LogP contribution in [0.4, 0.5) is 0 Å². The van der Waals surface area contributed by atoms with Gasteiger partial charge in [-0.05, 0) is 54.5 Å². The fraction of sp³-hybridized carbons (Fsp3) is 0.320. The zero-order valence-corrected chi connectivity index (χ0v) is 18.7. The molecule has 3 aromatic rings. The second-order valence-corrected chi connectivity index (χ2v) is 9.70. The highest BCUT2D eigenvalue weighted by molar-refractivity contribution is 7.20. The molecule has 1 aliphatic heterocycles. The first kappa shape index (κ1) is 21.6. The number of nitrogens with one attached hydrogen (secondary N) is 2. The maximum atomic E-state index is 13.4. The standard InChI is InChI=1S/C25H24N2O5S/c28-17-9-7-15(8-10-17)12-18(23(30)27-25-11-3-6-22(25)32-14-21(25)29)26-24(31)20-13-16-4-1-2-5-19(16)33-20/h1-2,4-5,7-10,13,18,22,28H,3,6,11-12,14H2,(H,26,31)(H,27,30). The van der Waals surface area contributed by atoms with Gasteiger partial charge in [0.05, 0.1) is 11.0 Å². The Morgan fingerprint density at radius 3 is 2.76 bits per heavy atom. The van der Waals surface area contributed by atoms with E-state index >= 15 is 0 Å². The van der Waals surface area contributed by atoms with E-state index in [1.54, 1.807) is 12.1 Å². The van der Waals surface area contributed by atoms with E-state index in [1.165, 1.54) is 23.5 Å². The van der Waals surface area contributed by atoms with Crippen LogP contribution in [-0.4, -0.2) is 47.0 Å². The summed E-state index contributed by atoms with van der Waals surface area (Å²) in [7, 11) is 0. The highest BCUT2D eigenvalue weighted by atomic mass is 32.1. The zero-order chi connectivity index (χ0) is 23.0. The van der Waals surface area contributed by atoms with E-state index in [-0.39, 0.29) is 36.6 Å². The van der Waals surface area contributed by atoms with Crippen molar-refractivity contribution in [2.24, 2.45) is 0 Å². The molecule has 3 atom stereocenters. The Balaban J connectivity index is 1.39. The molecule has 0 bridgehead atoms. The Hall–Kier alpha value is -3.23. The van der Waals surface area contributed by atoms with Crippen molar-refractivity contribution in [3.05, 3.63) is 65.0 Å². The third-order valence-corrected chi connectivity index (χ3v) is 7.61. The Labute approximate surface area is 194 Å². The number of aromatic hydroxyl groups is 1. The van der Waals surface area contributed by atoms with Gasteiger partial charge in [0.15, 0.2) is 5.78 Å². The number of rotatable bonds is 6. The van der Waals surface area contributed by atoms with Crippen molar-refractivity contribution in [1.29, 1.82) is 0 Å². The minimum Gasteiger partial charge on any atom is -0.508 e. The number of hydrogen-bond acceptors (Lipinski definition) is 6. The van der Waals surface area contributed by atoms with Gasteiger partial charge in [0, 0.05) is 11.1 Å². The van der Waals surface area contributed by atoms with Gasteiger partial charge in [-0.3, -0.25) is 14.4 Å². The molecule has 5 rings (SSSR count). The van der Waals surface area contributed by atoms with E-state index < -0.39 is 17.5 Å². The monoisotopic (exact) mass is 464 g/mol. The van der Waals surface area contributed by atoms with Crippen LogP contribution in [0.2, 0.25) is 0 Å². The number of hydrogen-bond donors (Lipinski definition) is 3. The van der Waals surface area contributed by atoms with Gasteiger partial charge in [-0.25, -0.2) is 0 Å². The number of carbonyl (C=O) groups is 3. The van der Waals surface area contributed by atoms with Crippen LogP contribution in [0.15, 0.2) is 54.6 Å². The average Bonchev–Trinajstić information content (AvgIpc) is 3.49. The number of Topliss-reactive ketones (excluding diaryl/α,β-unsaturated/α-hetero) is 1. The van der Waals surface area contributed by atoms with Gasteiger partial charge in [-0.15, -0.1) is 11.3 Å². The van der Waals surface area contributed by atoms with E-state index in [1.807, 2.05) is 30.3 Å². The Morgan fingerprint density at radius 1 is 1.18 bits per heavy atom. The molecular formula is C25H24N2O5S. The van der Waals surface area contributed by atoms with Gasteiger partial charge in [0.1, 0.15) is 23.9 Å². The molecule has 2 aromatic carbocycles. The van der Waals surface area contributed by atoms with Crippen LogP contribution in [0.1, 0.15) is 34.5 Å². The summed E-state index contributed by atoms with van der Waals surface area (Å²) < 4.78 is 6.60. The second-order valence-electron chi connectivity index (χ2n) is 8.62. The highest BCUT2D eigenvalue weighted by Crippen LogP contribution is 2.38. The van der Waals surface area contributed by atoms with Gasteiger partial charge >= 0.3 is 0 Å². The van der Waals surface area contributed by atoms with Crippen molar-refractivity contribution in [1.82, 2.24) is 10.6 Å². The fourth-order valence-electron chi connectivity index (χ4n) is 4.74. The molecule has 7 nitrogen and oxygen atoms in total. The van der Waals surface area contributed by atoms with Crippen LogP contribution in [0, 0.1) is 0 Å². The fourth-order valence-corrected chi connectivity index (χ4v) is 5.71. The summed E-state index contributed by atoms with van der Waals surface area (Å²) in [5.74, 6) is -0.749. The lowest BCUT2D eigenvalue weighted by atomic mass is 9.91. The quantitative estimate of drug-likeness (QED) is 0.520. The topological polar surface area (TPSA) is 105 Å². The molecule has 2 aliphatic rings. The molecule has 1 saturated carbocycles. The van der Waals surface area contributed by atoms with E-state index in [9.17, 15) is 19.5 Å². The number of ketones is 1. The summed E-state index contributed by atoms with van der Waals surface area (Å²) in [6.45, 7) is 0.00171. The molecule has 8 heteroatoms.